The fourth-order valence-electron chi connectivity index (χ4n) is 2.90. The molecule has 0 spiro atoms. The number of hydrogen-bond donors (Lipinski definition) is 2. The van der Waals surface area contributed by atoms with Crippen LogP contribution in [0.5, 0.6) is 0 Å². The molecule has 3 rings (SSSR count). The Morgan fingerprint density at radius 3 is 2.74 bits per heavy atom. The van der Waals surface area contributed by atoms with Crippen LogP contribution in [0.1, 0.15) is 36.3 Å². The van der Waals surface area contributed by atoms with E-state index in [1.54, 1.807) is 11.3 Å². The number of carboxylic acids is 1. The molecule has 1 amide bonds. The van der Waals surface area contributed by atoms with Crippen LogP contribution in [-0.2, 0) is 22.4 Å². The molecule has 0 aromatic carbocycles. The number of carboxylic acid groups (broad SMARTS) is 1. The molecule has 0 bridgehead atoms. The zero-order valence-electron chi connectivity index (χ0n) is 10.5. The Bertz CT molecular complexity index is 504. The Balaban J connectivity index is 1.60. The second kappa shape index (κ2) is 4.92. The van der Waals surface area contributed by atoms with E-state index >= 15 is 0 Å². The minimum absolute atomic E-state index is 0.0730. The maximum atomic E-state index is 12.1. The first-order valence-electron chi connectivity index (χ1n) is 6.65. The SMILES string of the molecule is O=C(O)C1CCC(C(=O)Nc2nc3c(s2)CCC3)C1. The van der Waals surface area contributed by atoms with E-state index in [9.17, 15) is 9.59 Å². The van der Waals surface area contributed by atoms with Crippen molar-refractivity contribution in [3.05, 3.63) is 10.6 Å². The lowest BCUT2D eigenvalue weighted by Crippen LogP contribution is -2.21. The van der Waals surface area contributed by atoms with Gasteiger partial charge in [0, 0.05) is 10.8 Å². The van der Waals surface area contributed by atoms with E-state index in [4.69, 9.17) is 5.11 Å². The van der Waals surface area contributed by atoms with Crippen LogP contribution in [0.2, 0.25) is 0 Å². The first-order chi connectivity index (χ1) is 9.13. The van der Waals surface area contributed by atoms with E-state index < -0.39 is 5.97 Å². The number of nitrogens with one attached hydrogen (secondary N) is 1. The smallest absolute Gasteiger partial charge is 0.306 e. The summed E-state index contributed by atoms with van der Waals surface area (Å²) < 4.78 is 0. The van der Waals surface area contributed by atoms with E-state index in [1.807, 2.05) is 0 Å². The molecule has 102 valence electrons. The molecular weight excluding hydrogens is 264 g/mol. The molecule has 6 heteroatoms. The summed E-state index contributed by atoms with van der Waals surface area (Å²) in [4.78, 5) is 28.7. The molecule has 0 aliphatic heterocycles. The number of carbonyl (C=O) groups excluding carboxylic acids is 1. The van der Waals surface area contributed by atoms with E-state index in [-0.39, 0.29) is 17.7 Å². The predicted octanol–water partition coefficient (Wildman–Crippen LogP) is 2.07. The molecule has 19 heavy (non-hydrogen) atoms. The molecule has 1 aromatic heterocycles. The van der Waals surface area contributed by atoms with Crippen molar-refractivity contribution in [2.75, 3.05) is 5.32 Å². The average molecular weight is 280 g/mol. The van der Waals surface area contributed by atoms with Crippen LogP contribution in [0.25, 0.3) is 0 Å². The van der Waals surface area contributed by atoms with Gasteiger partial charge in [0.05, 0.1) is 11.6 Å². The molecule has 2 unspecified atom stereocenters. The van der Waals surface area contributed by atoms with E-state index in [0.29, 0.717) is 24.4 Å². The number of hydrogen-bond acceptors (Lipinski definition) is 4. The van der Waals surface area contributed by atoms with Gasteiger partial charge in [-0.2, -0.15) is 0 Å². The number of nitrogens with zero attached hydrogens (tertiary/aromatic N) is 1. The van der Waals surface area contributed by atoms with Gasteiger partial charge in [-0.3, -0.25) is 9.59 Å². The van der Waals surface area contributed by atoms with Crippen LogP contribution in [0.4, 0.5) is 5.13 Å². The van der Waals surface area contributed by atoms with Crippen molar-refractivity contribution >= 4 is 28.3 Å². The average Bonchev–Trinajstić information content (AvgIpc) is 3.02. The van der Waals surface area contributed by atoms with Crippen LogP contribution in [-0.4, -0.2) is 22.0 Å². The summed E-state index contributed by atoms with van der Waals surface area (Å²) in [6, 6.07) is 0. The Kier molecular flexibility index (Phi) is 3.26. The number of aryl methyl sites for hydroxylation is 2. The van der Waals surface area contributed by atoms with Crippen molar-refractivity contribution < 1.29 is 14.7 Å². The fraction of sp³-hybridized carbons (Fsp3) is 0.615. The summed E-state index contributed by atoms with van der Waals surface area (Å²) >= 11 is 1.56. The third-order valence-corrected chi connectivity index (χ3v) is 5.05. The van der Waals surface area contributed by atoms with E-state index in [1.165, 1.54) is 4.88 Å². The highest BCUT2D eigenvalue weighted by molar-refractivity contribution is 7.15. The van der Waals surface area contributed by atoms with Crippen LogP contribution < -0.4 is 5.32 Å². The third kappa shape index (κ3) is 2.49. The standard InChI is InChI=1S/C13H16N2O3S/c16-11(7-4-5-8(6-7)12(17)18)15-13-14-9-2-1-3-10(9)19-13/h7-8H,1-6H2,(H,17,18)(H,14,15,16). The molecule has 0 saturated heterocycles. The Labute approximate surface area is 115 Å². The highest BCUT2D eigenvalue weighted by Gasteiger charge is 2.34. The molecule has 1 fully saturated rings. The molecule has 1 saturated carbocycles. The normalized spacial score (nSPS) is 25.3. The number of carbonyl (C=O) groups is 2. The van der Waals surface area contributed by atoms with Crippen molar-refractivity contribution in [2.24, 2.45) is 11.8 Å². The summed E-state index contributed by atoms with van der Waals surface area (Å²) in [6.07, 6.45) is 4.94. The second-order valence-corrected chi connectivity index (χ2v) is 6.36. The van der Waals surface area contributed by atoms with Gasteiger partial charge in [-0.05, 0) is 38.5 Å². The maximum Gasteiger partial charge on any atom is 0.306 e. The van der Waals surface area contributed by atoms with Crippen LogP contribution in [0.3, 0.4) is 0 Å². The summed E-state index contributed by atoms with van der Waals surface area (Å²) in [5.41, 5.74) is 1.12. The third-order valence-electron chi connectivity index (χ3n) is 3.98. The number of fused-ring (bicyclic) bond motifs is 1. The second-order valence-electron chi connectivity index (χ2n) is 5.28. The van der Waals surface area contributed by atoms with E-state index in [0.717, 1.165) is 25.0 Å². The van der Waals surface area contributed by atoms with Gasteiger partial charge in [-0.15, -0.1) is 11.3 Å². The number of amides is 1. The minimum atomic E-state index is -0.788. The number of aliphatic carboxylic acids is 1. The van der Waals surface area contributed by atoms with Gasteiger partial charge in [-0.25, -0.2) is 4.98 Å². The molecule has 1 aromatic rings. The van der Waals surface area contributed by atoms with Crippen LogP contribution in [0, 0.1) is 11.8 Å². The van der Waals surface area contributed by atoms with Gasteiger partial charge in [0.2, 0.25) is 5.91 Å². The monoisotopic (exact) mass is 280 g/mol. The molecule has 2 aliphatic rings. The lowest BCUT2D eigenvalue weighted by atomic mass is 10.0. The van der Waals surface area contributed by atoms with Gasteiger partial charge in [-0.1, -0.05) is 0 Å². The van der Waals surface area contributed by atoms with Gasteiger partial charge in [0.25, 0.3) is 0 Å². The van der Waals surface area contributed by atoms with Crippen LogP contribution in [0.15, 0.2) is 0 Å². The van der Waals surface area contributed by atoms with Crippen molar-refractivity contribution in [1.82, 2.24) is 4.98 Å². The van der Waals surface area contributed by atoms with Crippen molar-refractivity contribution in [2.45, 2.75) is 38.5 Å². The summed E-state index contributed by atoms with van der Waals surface area (Å²) in [7, 11) is 0. The van der Waals surface area contributed by atoms with Gasteiger partial charge in [0.15, 0.2) is 5.13 Å². The Hall–Kier alpha value is -1.43. The highest BCUT2D eigenvalue weighted by atomic mass is 32.1. The zero-order valence-corrected chi connectivity index (χ0v) is 11.3. The minimum Gasteiger partial charge on any atom is -0.481 e. The van der Waals surface area contributed by atoms with Crippen molar-refractivity contribution in [3.8, 4) is 0 Å². The quantitative estimate of drug-likeness (QED) is 0.888. The summed E-state index contributed by atoms with van der Waals surface area (Å²) in [6.45, 7) is 0. The highest BCUT2D eigenvalue weighted by Crippen LogP contribution is 2.34. The lowest BCUT2D eigenvalue weighted by Gasteiger charge is -2.08. The molecule has 2 aliphatic carbocycles. The number of thiazole rings is 1. The lowest BCUT2D eigenvalue weighted by molar-refractivity contribution is -0.141. The summed E-state index contributed by atoms with van der Waals surface area (Å²) in [5.74, 6) is -1.41. The molecule has 0 radical (unpaired) electrons. The maximum absolute atomic E-state index is 12.1. The zero-order chi connectivity index (χ0) is 13.4. The van der Waals surface area contributed by atoms with Crippen molar-refractivity contribution in [1.29, 1.82) is 0 Å². The predicted molar refractivity (Wildman–Crippen MR) is 71.2 cm³/mol. The number of rotatable bonds is 3. The molecule has 2 N–H and O–H groups in total. The molecule has 2 atom stereocenters. The first kappa shape index (κ1) is 12.6. The Morgan fingerprint density at radius 1 is 1.26 bits per heavy atom. The topological polar surface area (TPSA) is 79.3 Å². The molecule has 1 heterocycles. The van der Waals surface area contributed by atoms with E-state index in [2.05, 4.69) is 10.3 Å². The fourth-order valence-corrected chi connectivity index (χ4v) is 3.95. The molecule has 5 nitrogen and oxygen atoms in total. The van der Waals surface area contributed by atoms with Gasteiger partial charge >= 0.3 is 5.97 Å². The largest absolute Gasteiger partial charge is 0.481 e. The first-order valence-corrected chi connectivity index (χ1v) is 7.47. The van der Waals surface area contributed by atoms with Gasteiger partial charge in [0.1, 0.15) is 0 Å². The van der Waals surface area contributed by atoms with Gasteiger partial charge < -0.3 is 10.4 Å². The molecular formula is C13H16N2O3S. The van der Waals surface area contributed by atoms with Crippen LogP contribution >= 0.6 is 11.3 Å². The summed E-state index contributed by atoms with van der Waals surface area (Å²) in [5, 5.41) is 12.5. The van der Waals surface area contributed by atoms with Crippen molar-refractivity contribution in [3.63, 3.8) is 0 Å². The number of anilines is 1. The number of aromatic nitrogens is 1. The Morgan fingerprint density at radius 2 is 2.05 bits per heavy atom.